The molecule has 1 aromatic carbocycles. The highest BCUT2D eigenvalue weighted by molar-refractivity contribution is 5.89. The van der Waals surface area contributed by atoms with Gasteiger partial charge < -0.3 is 20.9 Å². The number of benzene rings is 1. The van der Waals surface area contributed by atoms with Crippen LogP contribution in [0.3, 0.4) is 0 Å². The van der Waals surface area contributed by atoms with E-state index in [4.69, 9.17) is 4.98 Å². The Morgan fingerprint density at radius 2 is 1.91 bits per heavy atom. The molecule has 1 saturated carbocycles. The fourth-order valence-corrected chi connectivity index (χ4v) is 4.39. The summed E-state index contributed by atoms with van der Waals surface area (Å²) >= 11 is 0. The van der Waals surface area contributed by atoms with Crippen LogP contribution in [0.2, 0.25) is 0 Å². The molecule has 170 valence electrons. The van der Waals surface area contributed by atoms with Crippen molar-refractivity contribution in [2.24, 2.45) is 0 Å². The Hall–Kier alpha value is -3.13. The van der Waals surface area contributed by atoms with E-state index in [0.29, 0.717) is 12.1 Å². The van der Waals surface area contributed by atoms with Crippen LogP contribution in [-0.2, 0) is 11.2 Å². The van der Waals surface area contributed by atoms with Crippen LogP contribution in [0.25, 0.3) is 5.65 Å². The molecule has 0 unspecified atom stereocenters. The summed E-state index contributed by atoms with van der Waals surface area (Å²) in [7, 11) is 4.33. The van der Waals surface area contributed by atoms with Gasteiger partial charge in [-0.25, -0.2) is 4.98 Å². The van der Waals surface area contributed by atoms with E-state index >= 15 is 0 Å². The molecule has 2 heterocycles. The summed E-state index contributed by atoms with van der Waals surface area (Å²) in [5.41, 5.74) is 3.59. The number of hydrogen-bond acceptors (Lipinski definition) is 6. The molecule has 0 spiro atoms. The molecule has 8 nitrogen and oxygen atoms in total. The molecule has 0 radical (unpaired) electrons. The van der Waals surface area contributed by atoms with Gasteiger partial charge in [-0.3, -0.25) is 4.79 Å². The second kappa shape index (κ2) is 9.56. The molecule has 1 amide bonds. The Morgan fingerprint density at radius 1 is 1.16 bits per heavy atom. The van der Waals surface area contributed by atoms with Gasteiger partial charge in [0.2, 0.25) is 5.91 Å². The molecule has 0 aliphatic heterocycles. The molecule has 32 heavy (non-hydrogen) atoms. The van der Waals surface area contributed by atoms with Crippen LogP contribution < -0.4 is 16.0 Å². The zero-order valence-corrected chi connectivity index (χ0v) is 19.4. The van der Waals surface area contributed by atoms with Crippen molar-refractivity contribution in [3.8, 4) is 0 Å². The predicted octanol–water partition coefficient (Wildman–Crippen LogP) is 4.28. The monoisotopic (exact) mass is 435 g/mol. The minimum atomic E-state index is -0.0939. The topological polar surface area (TPSA) is 86.6 Å². The number of fused-ring (bicyclic) bond motifs is 1. The number of amides is 1. The number of aryl methyl sites for hydroxylation is 1. The van der Waals surface area contributed by atoms with Gasteiger partial charge in [-0.2, -0.15) is 9.61 Å². The van der Waals surface area contributed by atoms with Crippen molar-refractivity contribution in [2.45, 2.75) is 58.0 Å². The zero-order chi connectivity index (χ0) is 22.7. The van der Waals surface area contributed by atoms with Crippen LogP contribution in [0.15, 0.2) is 36.5 Å². The first-order chi connectivity index (χ1) is 15.4. The van der Waals surface area contributed by atoms with Crippen molar-refractivity contribution in [1.29, 1.82) is 0 Å². The zero-order valence-electron chi connectivity index (χ0n) is 19.4. The molecule has 8 heteroatoms. The molecule has 1 aliphatic rings. The van der Waals surface area contributed by atoms with Gasteiger partial charge in [0.1, 0.15) is 11.6 Å². The lowest BCUT2D eigenvalue weighted by molar-refractivity contribution is -0.114. The third-order valence-electron chi connectivity index (χ3n) is 6.16. The molecule has 3 N–H and O–H groups in total. The quantitative estimate of drug-likeness (QED) is 0.514. The highest BCUT2D eigenvalue weighted by atomic mass is 16.1. The van der Waals surface area contributed by atoms with Gasteiger partial charge in [0.25, 0.3) is 0 Å². The van der Waals surface area contributed by atoms with Crippen molar-refractivity contribution >= 4 is 34.6 Å². The fraction of sp³-hybridized carbons (Fsp3) is 0.458. The number of anilines is 4. The lowest BCUT2D eigenvalue weighted by Crippen LogP contribution is -2.36. The van der Waals surface area contributed by atoms with Gasteiger partial charge in [0.05, 0.1) is 6.20 Å². The molecular weight excluding hydrogens is 402 g/mol. The minimum Gasteiger partial charge on any atom is -0.367 e. The van der Waals surface area contributed by atoms with Crippen molar-refractivity contribution in [1.82, 2.24) is 19.5 Å². The minimum absolute atomic E-state index is 0.0939. The molecule has 4 rings (SSSR count). The van der Waals surface area contributed by atoms with E-state index in [0.717, 1.165) is 53.5 Å². The van der Waals surface area contributed by atoms with Gasteiger partial charge in [0.15, 0.2) is 5.65 Å². The van der Waals surface area contributed by atoms with Crippen molar-refractivity contribution in [2.75, 3.05) is 30.0 Å². The lowest BCUT2D eigenvalue weighted by Gasteiger charge is -2.33. The normalized spacial score (nSPS) is 18.7. The third-order valence-corrected chi connectivity index (χ3v) is 6.16. The van der Waals surface area contributed by atoms with Gasteiger partial charge in [-0.1, -0.05) is 13.0 Å². The summed E-state index contributed by atoms with van der Waals surface area (Å²) in [6, 6.07) is 10.8. The van der Waals surface area contributed by atoms with E-state index in [1.165, 1.54) is 19.8 Å². The number of aromatic nitrogens is 3. The van der Waals surface area contributed by atoms with Crippen molar-refractivity contribution in [3.63, 3.8) is 0 Å². The van der Waals surface area contributed by atoms with Crippen LogP contribution in [-0.4, -0.2) is 51.6 Å². The Kier molecular flexibility index (Phi) is 6.60. The molecule has 1 fully saturated rings. The predicted molar refractivity (Wildman–Crippen MR) is 130 cm³/mol. The van der Waals surface area contributed by atoms with Crippen LogP contribution >= 0.6 is 0 Å². The number of carbonyl (C=O) groups excluding carboxylic acids is 1. The van der Waals surface area contributed by atoms with Crippen LogP contribution in [0, 0.1) is 0 Å². The van der Waals surface area contributed by atoms with Gasteiger partial charge in [0, 0.05) is 42.0 Å². The smallest absolute Gasteiger partial charge is 0.221 e. The Morgan fingerprint density at radius 3 is 2.59 bits per heavy atom. The van der Waals surface area contributed by atoms with Crippen molar-refractivity contribution < 1.29 is 4.79 Å². The number of hydrogen-bond donors (Lipinski definition) is 3. The summed E-state index contributed by atoms with van der Waals surface area (Å²) in [6.07, 6.45) is 7.41. The Balaban J connectivity index is 1.59. The lowest BCUT2D eigenvalue weighted by atomic mass is 9.90. The van der Waals surface area contributed by atoms with E-state index < -0.39 is 0 Å². The SMILES string of the molecule is CCc1cnn2c(Nc3cccc(NC(C)=O)c3)cc(NC3CCC(N(C)C)CC3)nc12. The highest BCUT2D eigenvalue weighted by Gasteiger charge is 2.23. The maximum Gasteiger partial charge on any atom is 0.221 e. The van der Waals surface area contributed by atoms with E-state index in [1.807, 2.05) is 41.0 Å². The van der Waals surface area contributed by atoms with Gasteiger partial charge >= 0.3 is 0 Å². The third kappa shape index (κ3) is 5.02. The second-order valence-electron chi connectivity index (χ2n) is 8.79. The summed E-state index contributed by atoms with van der Waals surface area (Å²) in [4.78, 5) is 18.6. The second-order valence-corrected chi connectivity index (χ2v) is 8.79. The number of rotatable bonds is 7. The van der Waals surface area contributed by atoms with Crippen LogP contribution in [0.5, 0.6) is 0 Å². The summed E-state index contributed by atoms with van der Waals surface area (Å²) in [6.45, 7) is 3.62. The average molecular weight is 436 g/mol. The maximum absolute atomic E-state index is 11.4. The Labute approximate surface area is 189 Å². The number of carbonyl (C=O) groups is 1. The van der Waals surface area contributed by atoms with Gasteiger partial charge in [-0.05, 0) is 64.4 Å². The fourth-order valence-electron chi connectivity index (χ4n) is 4.39. The largest absolute Gasteiger partial charge is 0.367 e. The van der Waals surface area contributed by atoms with E-state index in [2.05, 4.69) is 47.0 Å². The summed E-state index contributed by atoms with van der Waals surface area (Å²) < 4.78 is 1.85. The molecule has 0 saturated heterocycles. The maximum atomic E-state index is 11.4. The summed E-state index contributed by atoms with van der Waals surface area (Å²) in [5.74, 6) is 1.60. The molecular formula is C24H33N7O. The van der Waals surface area contributed by atoms with E-state index in [9.17, 15) is 4.79 Å². The standard InChI is InChI=1S/C24H33N7O/c1-5-17-15-25-31-23(28-20-8-6-7-19(13-20)26-16(2)32)14-22(29-24(17)31)27-18-9-11-21(12-10-18)30(3)4/h6-8,13-15,18,21,28H,5,9-12H2,1-4H3,(H,26,32)(H,27,29). The molecule has 3 aromatic rings. The molecule has 0 bridgehead atoms. The summed E-state index contributed by atoms with van der Waals surface area (Å²) in [5, 5.41) is 14.5. The first-order valence-corrected chi connectivity index (χ1v) is 11.4. The number of nitrogens with zero attached hydrogens (tertiary/aromatic N) is 4. The average Bonchev–Trinajstić information content (AvgIpc) is 3.17. The molecule has 0 atom stereocenters. The first kappa shape index (κ1) is 22.1. The molecule has 1 aliphatic carbocycles. The first-order valence-electron chi connectivity index (χ1n) is 11.4. The Bertz CT molecular complexity index is 1080. The van der Waals surface area contributed by atoms with E-state index in [-0.39, 0.29) is 5.91 Å². The van der Waals surface area contributed by atoms with Gasteiger partial charge in [-0.15, -0.1) is 0 Å². The van der Waals surface area contributed by atoms with Crippen molar-refractivity contribution in [3.05, 3.63) is 42.1 Å². The molecule has 2 aromatic heterocycles. The highest BCUT2D eigenvalue weighted by Crippen LogP contribution is 2.28. The van der Waals surface area contributed by atoms with Crippen LogP contribution in [0.1, 0.15) is 45.1 Å². The number of nitrogens with one attached hydrogen (secondary N) is 3. The van der Waals surface area contributed by atoms with Crippen LogP contribution in [0.4, 0.5) is 23.0 Å². The van der Waals surface area contributed by atoms with E-state index in [1.54, 1.807) is 0 Å².